The molecule has 1 heterocycles. The van der Waals surface area contributed by atoms with Crippen LogP contribution in [0, 0.1) is 35.0 Å². The molecule has 4 bridgehead atoms. The Morgan fingerprint density at radius 1 is 0.960 bits per heavy atom. The van der Waals surface area contributed by atoms with Crippen molar-refractivity contribution in [3.63, 3.8) is 0 Å². The summed E-state index contributed by atoms with van der Waals surface area (Å²) >= 11 is 0. The second-order valence-corrected chi connectivity index (χ2v) is 10.7. The van der Waals surface area contributed by atoms with Crippen LogP contribution in [0.5, 0.6) is 0 Å². The van der Waals surface area contributed by atoms with E-state index in [0.717, 1.165) is 42.7 Å². The van der Waals surface area contributed by atoms with Gasteiger partial charge in [-0.15, -0.1) is 0 Å². The highest BCUT2D eigenvalue weighted by atomic mass is 16.5. The zero-order valence-electron chi connectivity index (χ0n) is 16.5. The van der Waals surface area contributed by atoms with Crippen LogP contribution in [0.2, 0.25) is 0 Å². The van der Waals surface area contributed by atoms with E-state index in [1.807, 2.05) is 0 Å². The number of hydrogen-bond donors (Lipinski definition) is 2. The lowest BCUT2D eigenvalue weighted by molar-refractivity contribution is -0.915. The Bertz CT molecular complexity index is 406. The third-order valence-corrected chi connectivity index (χ3v) is 7.86. The van der Waals surface area contributed by atoms with Gasteiger partial charge in [0.25, 0.3) is 0 Å². The topological polar surface area (TPSA) is 33.9 Å². The van der Waals surface area contributed by atoms with Crippen LogP contribution in [-0.4, -0.2) is 44.1 Å². The van der Waals surface area contributed by atoms with Crippen LogP contribution in [0.1, 0.15) is 65.2 Å². The Morgan fingerprint density at radius 3 is 2.08 bits per heavy atom. The van der Waals surface area contributed by atoms with Gasteiger partial charge in [-0.05, 0) is 74.5 Å². The van der Waals surface area contributed by atoms with Crippen molar-refractivity contribution in [1.29, 1.82) is 0 Å². The highest BCUT2D eigenvalue weighted by molar-refractivity contribution is 5.01. The van der Waals surface area contributed by atoms with Gasteiger partial charge in [-0.3, -0.25) is 0 Å². The summed E-state index contributed by atoms with van der Waals surface area (Å²) in [6.45, 7) is 9.41. The number of nitrogens with one attached hydrogen (secondary N) is 1. The Labute approximate surface area is 154 Å². The van der Waals surface area contributed by atoms with Gasteiger partial charge in [0, 0.05) is 18.4 Å². The maximum absolute atomic E-state index is 10.4. The SMILES string of the molecule is C[C@H]1C[C@H](C)C[NH+](C[C@H](O)COCCC23CC4CC(CC(C4)C2)C3)C1. The molecule has 0 unspecified atom stereocenters. The number of likely N-dealkylation sites (tertiary alicyclic amines) is 1. The van der Waals surface area contributed by atoms with E-state index in [4.69, 9.17) is 4.74 Å². The molecule has 5 aliphatic rings. The molecule has 5 fully saturated rings. The van der Waals surface area contributed by atoms with Gasteiger partial charge in [0.15, 0.2) is 0 Å². The van der Waals surface area contributed by atoms with E-state index >= 15 is 0 Å². The Kier molecular flexibility index (Phi) is 5.46. The number of aliphatic hydroxyl groups excluding tert-OH is 1. The van der Waals surface area contributed by atoms with Gasteiger partial charge in [-0.2, -0.15) is 0 Å². The molecule has 4 aliphatic carbocycles. The average Bonchev–Trinajstić information content (AvgIpc) is 2.49. The van der Waals surface area contributed by atoms with Crippen LogP contribution in [0.25, 0.3) is 0 Å². The van der Waals surface area contributed by atoms with E-state index in [-0.39, 0.29) is 6.10 Å². The number of piperidine rings is 1. The largest absolute Gasteiger partial charge is 0.385 e. The fourth-order valence-corrected chi connectivity index (χ4v) is 7.59. The Hall–Kier alpha value is -0.120. The van der Waals surface area contributed by atoms with Crippen LogP contribution in [0.4, 0.5) is 0 Å². The molecule has 3 atom stereocenters. The molecule has 0 radical (unpaired) electrons. The van der Waals surface area contributed by atoms with Crippen LogP contribution in [0.3, 0.4) is 0 Å². The van der Waals surface area contributed by atoms with Crippen molar-refractivity contribution in [2.45, 2.75) is 71.3 Å². The van der Waals surface area contributed by atoms with Crippen molar-refractivity contribution in [1.82, 2.24) is 0 Å². The molecule has 5 rings (SSSR count). The predicted molar refractivity (Wildman–Crippen MR) is 101 cm³/mol. The van der Waals surface area contributed by atoms with Crippen molar-refractivity contribution >= 4 is 0 Å². The third-order valence-electron chi connectivity index (χ3n) is 7.86. The van der Waals surface area contributed by atoms with E-state index in [1.165, 1.54) is 64.5 Å². The zero-order valence-corrected chi connectivity index (χ0v) is 16.5. The number of hydrogen-bond acceptors (Lipinski definition) is 2. The Balaban J connectivity index is 1.16. The number of aliphatic hydroxyl groups is 1. The number of ether oxygens (including phenoxy) is 1. The third kappa shape index (κ3) is 4.42. The van der Waals surface area contributed by atoms with Gasteiger partial charge in [0.05, 0.1) is 19.7 Å². The molecule has 3 heteroatoms. The molecule has 144 valence electrons. The van der Waals surface area contributed by atoms with Crippen molar-refractivity contribution in [3.05, 3.63) is 0 Å². The van der Waals surface area contributed by atoms with Crippen LogP contribution in [-0.2, 0) is 4.74 Å². The molecule has 1 saturated heterocycles. The van der Waals surface area contributed by atoms with Gasteiger partial charge in [0.2, 0.25) is 0 Å². The second-order valence-electron chi connectivity index (χ2n) is 10.7. The standard InChI is InChI=1S/C22H39NO2/c1-16-5-17(2)13-23(12-16)14-21(24)15-25-4-3-22-9-18-6-19(10-22)8-20(7-18)11-22/h16-21,24H,3-15H2,1-2H3/p+1/t16-,17-,18?,19?,20?,21-,22?/m0/s1. The molecule has 0 aromatic heterocycles. The monoisotopic (exact) mass is 350 g/mol. The summed E-state index contributed by atoms with van der Waals surface area (Å²) in [6, 6.07) is 0. The smallest absolute Gasteiger partial charge is 0.126 e. The molecule has 0 aromatic carbocycles. The van der Waals surface area contributed by atoms with Gasteiger partial charge in [-0.25, -0.2) is 0 Å². The number of rotatable bonds is 7. The summed E-state index contributed by atoms with van der Waals surface area (Å²) in [5.41, 5.74) is 0.614. The first-order valence-electron chi connectivity index (χ1n) is 11.1. The van der Waals surface area contributed by atoms with E-state index in [0.29, 0.717) is 12.0 Å². The van der Waals surface area contributed by atoms with E-state index in [2.05, 4.69) is 13.8 Å². The summed E-state index contributed by atoms with van der Waals surface area (Å²) in [5.74, 6) is 4.68. The molecule has 0 aromatic rings. The quantitative estimate of drug-likeness (QED) is 0.692. The molecule has 4 saturated carbocycles. The van der Waals surface area contributed by atoms with Crippen molar-refractivity contribution in [2.75, 3.05) is 32.8 Å². The average molecular weight is 351 g/mol. The van der Waals surface area contributed by atoms with Gasteiger partial charge < -0.3 is 14.7 Å². The Morgan fingerprint density at radius 2 is 1.52 bits per heavy atom. The summed E-state index contributed by atoms with van der Waals surface area (Å²) in [7, 11) is 0. The molecule has 0 spiro atoms. The van der Waals surface area contributed by atoms with Gasteiger partial charge in [0.1, 0.15) is 12.6 Å². The molecule has 0 amide bonds. The van der Waals surface area contributed by atoms with Crippen LogP contribution >= 0.6 is 0 Å². The highest BCUT2D eigenvalue weighted by Crippen LogP contribution is 2.61. The molecular formula is C22H40NO2+. The fourth-order valence-electron chi connectivity index (χ4n) is 7.59. The summed E-state index contributed by atoms with van der Waals surface area (Å²) in [6.07, 6.45) is 11.3. The maximum Gasteiger partial charge on any atom is 0.126 e. The highest BCUT2D eigenvalue weighted by Gasteiger charge is 2.50. The lowest BCUT2D eigenvalue weighted by atomic mass is 9.49. The van der Waals surface area contributed by atoms with Gasteiger partial charge >= 0.3 is 0 Å². The van der Waals surface area contributed by atoms with Crippen molar-refractivity contribution in [2.24, 2.45) is 35.0 Å². The summed E-state index contributed by atoms with van der Waals surface area (Å²) in [4.78, 5) is 1.57. The van der Waals surface area contributed by atoms with Gasteiger partial charge in [-0.1, -0.05) is 13.8 Å². The first kappa shape index (κ1) is 18.3. The molecular weight excluding hydrogens is 310 g/mol. The number of quaternary nitrogens is 1. The molecule has 1 aliphatic heterocycles. The first-order valence-corrected chi connectivity index (χ1v) is 11.1. The summed E-state index contributed by atoms with van der Waals surface area (Å²) in [5, 5.41) is 10.4. The molecule has 3 nitrogen and oxygen atoms in total. The summed E-state index contributed by atoms with van der Waals surface area (Å²) < 4.78 is 5.97. The normalized spacial score (nSPS) is 47.2. The fraction of sp³-hybridized carbons (Fsp3) is 1.00. The molecule has 2 N–H and O–H groups in total. The van der Waals surface area contributed by atoms with E-state index in [9.17, 15) is 5.11 Å². The van der Waals surface area contributed by atoms with Crippen molar-refractivity contribution in [3.8, 4) is 0 Å². The molecule has 25 heavy (non-hydrogen) atoms. The zero-order chi connectivity index (χ0) is 17.4. The maximum atomic E-state index is 10.4. The first-order chi connectivity index (χ1) is 12.0. The lowest BCUT2D eigenvalue weighted by Crippen LogP contribution is -3.15. The minimum atomic E-state index is -0.288. The van der Waals surface area contributed by atoms with E-state index < -0.39 is 0 Å². The van der Waals surface area contributed by atoms with Crippen molar-refractivity contribution < 1.29 is 14.7 Å². The second kappa shape index (κ2) is 7.48. The van der Waals surface area contributed by atoms with Crippen LogP contribution in [0.15, 0.2) is 0 Å². The predicted octanol–water partition coefficient (Wildman–Crippen LogP) is 2.53. The minimum absolute atomic E-state index is 0.288. The lowest BCUT2D eigenvalue weighted by Gasteiger charge is -2.57. The minimum Gasteiger partial charge on any atom is -0.385 e. The van der Waals surface area contributed by atoms with Crippen LogP contribution < -0.4 is 4.90 Å². The van der Waals surface area contributed by atoms with E-state index in [1.54, 1.807) is 4.90 Å².